The van der Waals surface area contributed by atoms with Gasteiger partial charge in [-0.2, -0.15) is 0 Å². The highest BCUT2D eigenvalue weighted by Gasteiger charge is 2.23. The number of guanidine groups is 1. The molecule has 1 aliphatic carbocycles. The largest absolute Gasteiger partial charge is 0.484 e. The zero-order valence-electron chi connectivity index (χ0n) is 17.2. The highest BCUT2D eigenvalue weighted by atomic mass is 16.5. The molecule has 154 valence electrons. The molecular weight excluding hydrogens is 364 g/mol. The first-order valence-electron chi connectivity index (χ1n) is 10.2. The van der Waals surface area contributed by atoms with Gasteiger partial charge >= 0.3 is 0 Å². The number of nitrogens with one attached hydrogen (secondary N) is 3. The Hall–Kier alpha value is -3.02. The summed E-state index contributed by atoms with van der Waals surface area (Å²) in [6, 6.07) is 16.4. The van der Waals surface area contributed by atoms with Crippen molar-refractivity contribution in [1.29, 1.82) is 0 Å². The summed E-state index contributed by atoms with van der Waals surface area (Å²) in [7, 11) is 0. The summed E-state index contributed by atoms with van der Waals surface area (Å²) in [6.07, 6.45) is 2.15. The minimum Gasteiger partial charge on any atom is -0.484 e. The predicted octanol–water partition coefficient (Wildman–Crippen LogP) is 2.91. The number of benzene rings is 2. The third-order valence-electron chi connectivity index (χ3n) is 4.68. The number of aliphatic imine (C=N–C) groups is 1. The third-order valence-corrected chi connectivity index (χ3v) is 4.68. The van der Waals surface area contributed by atoms with Crippen LogP contribution in [0, 0.1) is 6.92 Å². The van der Waals surface area contributed by atoms with Crippen LogP contribution in [0.25, 0.3) is 0 Å². The van der Waals surface area contributed by atoms with Crippen LogP contribution >= 0.6 is 0 Å². The van der Waals surface area contributed by atoms with Crippen molar-refractivity contribution in [3.8, 4) is 5.75 Å². The second-order valence-electron chi connectivity index (χ2n) is 7.25. The number of carbonyl (C=O) groups is 1. The fourth-order valence-electron chi connectivity index (χ4n) is 2.88. The third kappa shape index (κ3) is 7.14. The summed E-state index contributed by atoms with van der Waals surface area (Å²) in [5.74, 6) is 1.39. The molecule has 1 saturated carbocycles. The van der Waals surface area contributed by atoms with E-state index in [4.69, 9.17) is 4.74 Å². The number of amides is 1. The lowest BCUT2D eigenvalue weighted by Gasteiger charge is -2.13. The molecular formula is C23H30N4O2. The molecule has 0 unspecified atom stereocenters. The Balaban J connectivity index is 1.54. The molecule has 3 rings (SSSR count). The Kier molecular flexibility index (Phi) is 7.50. The number of ether oxygens (including phenoxy) is 1. The second-order valence-corrected chi connectivity index (χ2v) is 7.25. The molecule has 0 heterocycles. The van der Waals surface area contributed by atoms with E-state index >= 15 is 0 Å². The lowest BCUT2D eigenvalue weighted by atomic mass is 10.1. The summed E-state index contributed by atoms with van der Waals surface area (Å²) >= 11 is 0. The molecule has 0 bridgehead atoms. The Morgan fingerprint density at radius 3 is 2.72 bits per heavy atom. The minimum atomic E-state index is -0.0641. The molecule has 6 heteroatoms. The zero-order valence-corrected chi connectivity index (χ0v) is 17.2. The number of rotatable bonds is 9. The SMILES string of the molecule is CCNC(=NCc1cccc(OCC(=O)NC2CC2)c1)NCc1ccccc1C. The van der Waals surface area contributed by atoms with Crippen LogP contribution in [0.2, 0.25) is 0 Å². The Morgan fingerprint density at radius 2 is 1.97 bits per heavy atom. The maximum Gasteiger partial charge on any atom is 0.258 e. The van der Waals surface area contributed by atoms with Gasteiger partial charge in [0.05, 0.1) is 6.54 Å². The maximum atomic E-state index is 11.8. The lowest BCUT2D eigenvalue weighted by molar-refractivity contribution is -0.123. The van der Waals surface area contributed by atoms with Crippen LogP contribution in [0.4, 0.5) is 0 Å². The van der Waals surface area contributed by atoms with Crippen LogP contribution in [0.15, 0.2) is 53.5 Å². The molecule has 0 aliphatic heterocycles. The molecule has 0 spiro atoms. The molecule has 3 N–H and O–H groups in total. The van der Waals surface area contributed by atoms with E-state index in [9.17, 15) is 4.79 Å². The lowest BCUT2D eigenvalue weighted by Crippen LogP contribution is -2.36. The Bertz CT molecular complexity index is 846. The molecule has 1 aliphatic rings. The van der Waals surface area contributed by atoms with Crippen molar-refractivity contribution in [2.45, 2.75) is 45.8 Å². The van der Waals surface area contributed by atoms with E-state index in [1.165, 1.54) is 11.1 Å². The molecule has 2 aromatic rings. The van der Waals surface area contributed by atoms with E-state index in [-0.39, 0.29) is 12.5 Å². The summed E-state index contributed by atoms with van der Waals surface area (Å²) in [4.78, 5) is 16.4. The topological polar surface area (TPSA) is 74.8 Å². The van der Waals surface area contributed by atoms with E-state index in [1.807, 2.05) is 43.3 Å². The van der Waals surface area contributed by atoms with E-state index in [2.05, 4.69) is 40.0 Å². The van der Waals surface area contributed by atoms with Gasteiger partial charge in [0.25, 0.3) is 5.91 Å². The van der Waals surface area contributed by atoms with Gasteiger partial charge in [-0.3, -0.25) is 4.79 Å². The standard InChI is InChI=1S/C23H30N4O2/c1-3-24-23(26-15-19-9-5-4-7-17(19)2)25-14-18-8-6-10-21(13-18)29-16-22(28)27-20-11-12-20/h4-10,13,20H,3,11-12,14-16H2,1-2H3,(H,27,28)(H2,24,25,26). The minimum absolute atomic E-state index is 0.0455. The van der Waals surface area contributed by atoms with Gasteiger partial charge in [0.15, 0.2) is 12.6 Å². The fourth-order valence-corrected chi connectivity index (χ4v) is 2.88. The second kappa shape index (κ2) is 10.5. The van der Waals surface area contributed by atoms with Crippen LogP contribution < -0.4 is 20.7 Å². The summed E-state index contributed by atoms with van der Waals surface area (Å²) < 4.78 is 5.62. The molecule has 2 aromatic carbocycles. The van der Waals surface area contributed by atoms with Gasteiger partial charge in [0.1, 0.15) is 5.75 Å². The smallest absolute Gasteiger partial charge is 0.258 e. The quantitative estimate of drug-likeness (QED) is 0.452. The van der Waals surface area contributed by atoms with Gasteiger partial charge in [-0.1, -0.05) is 36.4 Å². The van der Waals surface area contributed by atoms with Gasteiger partial charge in [-0.05, 0) is 55.5 Å². The van der Waals surface area contributed by atoms with Crippen molar-refractivity contribution in [2.24, 2.45) is 4.99 Å². The van der Waals surface area contributed by atoms with Crippen LogP contribution in [0.3, 0.4) is 0 Å². The van der Waals surface area contributed by atoms with Crippen molar-refractivity contribution in [2.75, 3.05) is 13.2 Å². The van der Waals surface area contributed by atoms with Crippen molar-refractivity contribution >= 4 is 11.9 Å². The van der Waals surface area contributed by atoms with Gasteiger partial charge in [-0.25, -0.2) is 4.99 Å². The van der Waals surface area contributed by atoms with Gasteiger partial charge in [0, 0.05) is 19.1 Å². The van der Waals surface area contributed by atoms with E-state index in [0.29, 0.717) is 18.3 Å². The Morgan fingerprint density at radius 1 is 1.14 bits per heavy atom. The maximum absolute atomic E-state index is 11.8. The first-order valence-corrected chi connectivity index (χ1v) is 10.2. The van der Waals surface area contributed by atoms with E-state index < -0.39 is 0 Å². The first kappa shape index (κ1) is 20.7. The average molecular weight is 395 g/mol. The highest BCUT2D eigenvalue weighted by Crippen LogP contribution is 2.18. The number of carbonyl (C=O) groups excluding carboxylic acids is 1. The van der Waals surface area contributed by atoms with E-state index in [1.54, 1.807) is 0 Å². The number of hydrogen-bond donors (Lipinski definition) is 3. The number of nitrogens with zero attached hydrogens (tertiary/aromatic N) is 1. The van der Waals surface area contributed by atoms with Crippen LogP contribution in [-0.2, 0) is 17.9 Å². The van der Waals surface area contributed by atoms with Crippen molar-refractivity contribution in [1.82, 2.24) is 16.0 Å². The molecule has 0 aromatic heterocycles. The van der Waals surface area contributed by atoms with Crippen LogP contribution in [0.5, 0.6) is 5.75 Å². The molecule has 1 amide bonds. The summed E-state index contributed by atoms with van der Waals surface area (Å²) in [5.41, 5.74) is 3.53. The van der Waals surface area contributed by atoms with Crippen LogP contribution in [-0.4, -0.2) is 31.1 Å². The monoisotopic (exact) mass is 394 g/mol. The normalized spacial score (nSPS) is 13.7. The van der Waals surface area contributed by atoms with Crippen LogP contribution in [0.1, 0.15) is 36.5 Å². The number of hydrogen-bond acceptors (Lipinski definition) is 3. The van der Waals surface area contributed by atoms with Crippen molar-refractivity contribution < 1.29 is 9.53 Å². The number of aryl methyl sites for hydroxylation is 1. The predicted molar refractivity (Wildman–Crippen MR) is 116 cm³/mol. The molecule has 0 radical (unpaired) electrons. The van der Waals surface area contributed by atoms with E-state index in [0.717, 1.165) is 37.5 Å². The van der Waals surface area contributed by atoms with Gasteiger partial charge in [-0.15, -0.1) is 0 Å². The average Bonchev–Trinajstić information content (AvgIpc) is 3.54. The van der Waals surface area contributed by atoms with Crippen molar-refractivity contribution in [3.05, 3.63) is 65.2 Å². The highest BCUT2D eigenvalue weighted by molar-refractivity contribution is 5.79. The summed E-state index contributed by atoms with van der Waals surface area (Å²) in [6.45, 7) is 6.23. The zero-order chi connectivity index (χ0) is 20.5. The Labute approximate surface area is 172 Å². The van der Waals surface area contributed by atoms with Gasteiger partial charge in [0.2, 0.25) is 0 Å². The first-order chi connectivity index (χ1) is 14.1. The summed E-state index contributed by atoms with van der Waals surface area (Å²) in [5, 5.41) is 9.58. The fraction of sp³-hybridized carbons (Fsp3) is 0.391. The molecule has 1 fully saturated rings. The molecule has 0 saturated heterocycles. The van der Waals surface area contributed by atoms with Crippen molar-refractivity contribution in [3.63, 3.8) is 0 Å². The molecule has 29 heavy (non-hydrogen) atoms. The molecule has 0 atom stereocenters. The van der Waals surface area contributed by atoms with Gasteiger partial charge < -0.3 is 20.7 Å². The molecule has 6 nitrogen and oxygen atoms in total.